The number of H-pyrrole nitrogens is 1. The van der Waals surface area contributed by atoms with E-state index in [9.17, 15) is 14.4 Å². The van der Waals surface area contributed by atoms with Crippen molar-refractivity contribution in [3.63, 3.8) is 0 Å². The molecule has 220 valence electrons. The number of benzene rings is 3. The molecule has 5 rings (SSSR count). The molecule has 1 aliphatic heterocycles. The van der Waals surface area contributed by atoms with Crippen LogP contribution in [0.1, 0.15) is 68.6 Å². The molecule has 0 saturated carbocycles. The average Bonchev–Trinajstić information content (AvgIpc) is 3.67. The lowest BCUT2D eigenvalue weighted by Crippen LogP contribution is -2.42. The number of nitrogens with one attached hydrogen (secondary N) is 2. The SMILES string of the molecule is CCCN(C(=O)Cc1ccccc1)C(C)c1nc2ccc(C#Cc3ccc(NC(=O)C4CCCN4C(C)=O)cc3)cc2[nH]1. The van der Waals surface area contributed by atoms with Crippen molar-refractivity contribution in [2.24, 2.45) is 0 Å². The van der Waals surface area contributed by atoms with E-state index in [0.717, 1.165) is 46.4 Å². The maximum atomic E-state index is 13.2. The van der Waals surface area contributed by atoms with Crippen LogP contribution in [0.3, 0.4) is 0 Å². The highest BCUT2D eigenvalue weighted by atomic mass is 16.2. The van der Waals surface area contributed by atoms with Crippen LogP contribution in [0.25, 0.3) is 11.0 Å². The molecule has 1 aromatic heterocycles. The molecule has 1 fully saturated rings. The van der Waals surface area contributed by atoms with Crippen molar-refractivity contribution in [2.75, 3.05) is 18.4 Å². The molecule has 8 nitrogen and oxygen atoms in total. The number of carbonyl (C=O) groups excluding carboxylic acids is 3. The van der Waals surface area contributed by atoms with Gasteiger partial charge < -0.3 is 20.1 Å². The predicted molar refractivity (Wildman–Crippen MR) is 168 cm³/mol. The zero-order chi connectivity index (χ0) is 30.3. The number of anilines is 1. The van der Waals surface area contributed by atoms with Crippen LogP contribution in [0.4, 0.5) is 5.69 Å². The molecule has 1 aliphatic rings. The second-order valence-corrected chi connectivity index (χ2v) is 11.0. The van der Waals surface area contributed by atoms with Gasteiger partial charge in [0.25, 0.3) is 0 Å². The Balaban J connectivity index is 1.25. The molecule has 4 aromatic rings. The van der Waals surface area contributed by atoms with Crippen LogP contribution in [-0.2, 0) is 20.8 Å². The summed E-state index contributed by atoms with van der Waals surface area (Å²) >= 11 is 0. The molecular weight excluding hydrogens is 538 g/mol. The summed E-state index contributed by atoms with van der Waals surface area (Å²) in [6, 6.07) is 22.4. The lowest BCUT2D eigenvalue weighted by atomic mass is 10.1. The van der Waals surface area contributed by atoms with Crippen molar-refractivity contribution in [2.45, 2.75) is 58.5 Å². The van der Waals surface area contributed by atoms with E-state index < -0.39 is 6.04 Å². The Morgan fingerprint density at radius 1 is 1.05 bits per heavy atom. The maximum Gasteiger partial charge on any atom is 0.247 e. The zero-order valence-corrected chi connectivity index (χ0v) is 24.9. The second kappa shape index (κ2) is 13.4. The van der Waals surface area contributed by atoms with Crippen molar-refractivity contribution < 1.29 is 14.4 Å². The largest absolute Gasteiger partial charge is 0.340 e. The van der Waals surface area contributed by atoms with Gasteiger partial charge in [-0.2, -0.15) is 0 Å². The minimum absolute atomic E-state index is 0.0743. The number of hydrogen-bond donors (Lipinski definition) is 2. The van der Waals surface area contributed by atoms with E-state index in [0.29, 0.717) is 31.6 Å². The normalized spacial score (nSPS) is 15.0. The molecule has 0 radical (unpaired) electrons. The second-order valence-electron chi connectivity index (χ2n) is 11.0. The van der Waals surface area contributed by atoms with Crippen molar-refractivity contribution in [3.05, 3.63) is 95.3 Å². The van der Waals surface area contributed by atoms with Gasteiger partial charge in [-0.15, -0.1) is 0 Å². The first-order valence-corrected chi connectivity index (χ1v) is 14.9. The number of rotatable bonds is 8. The molecule has 2 atom stereocenters. The van der Waals surface area contributed by atoms with Crippen molar-refractivity contribution in [1.82, 2.24) is 19.8 Å². The Morgan fingerprint density at radius 3 is 2.49 bits per heavy atom. The molecular formula is C35H37N5O3. The first kappa shape index (κ1) is 29.6. The van der Waals surface area contributed by atoms with E-state index in [2.05, 4.69) is 29.1 Å². The summed E-state index contributed by atoms with van der Waals surface area (Å²) in [5, 5.41) is 2.92. The topological polar surface area (TPSA) is 98.4 Å². The summed E-state index contributed by atoms with van der Waals surface area (Å²) in [4.78, 5) is 49.4. The van der Waals surface area contributed by atoms with Gasteiger partial charge in [-0.25, -0.2) is 4.98 Å². The monoisotopic (exact) mass is 575 g/mol. The molecule has 2 heterocycles. The minimum Gasteiger partial charge on any atom is -0.340 e. The van der Waals surface area contributed by atoms with Crippen LogP contribution >= 0.6 is 0 Å². The van der Waals surface area contributed by atoms with Gasteiger partial charge in [0, 0.05) is 36.8 Å². The van der Waals surface area contributed by atoms with E-state index in [1.54, 1.807) is 4.90 Å². The van der Waals surface area contributed by atoms with Crippen molar-refractivity contribution >= 4 is 34.4 Å². The zero-order valence-electron chi connectivity index (χ0n) is 24.9. The summed E-state index contributed by atoms with van der Waals surface area (Å²) in [5.41, 5.74) is 5.01. The number of hydrogen-bond acceptors (Lipinski definition) is 4. The lowest BCUT2D eigenvalue weighted by Gasteiger charge is -2.28. The summed E-state index contributed by atoms with van der Waals surface area (Å²) in [5.74, 6) is 6.98. The van der Waals surface area contributed by atoms with Gasteiger partial charge in [0.05, 0.1) is 23.5 Å². The van der Waals surface area contributed by atoms with E-state index in [-0.39, 0.29) is 23.8 Å². The van der Waals surface area contributed by atoms with Crippen LogP contribution in [-0.4, -0.2) is 56.6 Å². The number of amides is 3. The molecule has 0 spiro atoms. The van der Waals surface area contributed by atoms with Crippen LogP contribution in [0.15, 0.2) is 72.8 Å². The maximum absolute atomic E-state index is 13.2. The van der Waals surface area contributed by atoms with Crippen LogP contribution in [0.2, 0.25) is 0 Å². The van der Waals surface area contributed by atoms with E-state index in [4.69, 9.17) is 4.98 Å². The highest BCUT2D eigenvalue weighted by Gasteiger charge is 2.32. The van der Waals surface area contributed by atoms with Gasteiger partial charge in [0.2, 0.25) is 17.7 Å². The highest BCUT2D eigenvalue weighted by Crippen LogP contribution is 2.24. The Hall–Kier alpha value is -4.90. The number of imidazole rings is 1. The smallest absolute Gasteiger partial charge is 0.247 e. The molecule has 3 aromatic carbocycles. The first-order chi connectivity index (χ1) is 20.8. The standard InChI is InChI=1S/C35H37N5O3/c1-4-20-39(33(42)23-27-9-6-5-7-10-27)24(2)34-37-30-19-16-28(22-31(30)38-34)13-12-26-14-17-29(18-15-26)36-35(43)32-11-8-21-40(32)25(3)41/h5-7,9-10,14-19,22,24,32H,4,8,11,20-21,23H2,1-3H3,(H,36,43)(H,37,38). The fraction of sp³-hybridized carbons (Fsp3) is 0.314. The van der Waals surface area contributed by atoms with Gasteiger partial charge in [-0.3, -0.25) is 14.4 Å². The predicted octanol–water partition coefficient (Wildman–Crippen LogP) is 5.45. The molecule has 3 amide bonds. The Morgan fingerprint density at radius 2 is 1.77 bits per heavy atom. The van der Waals surface area contributed by atoms with E-state index in [1.165, 1.54) is 6.92 Å². The summed E-state index contributed by atoms with van der Waals surface area (Å²) in [7, 11) is 0. The number of carbonyl (C=O) groups is 3. The fourth-order valence-corrected chi connectivity index (χ4v) is 5.52. The molecule has 43 heavy (non-hydrogen) atoms. The van der Waals surface area contributed by atoms with Gasteiger partial charge in [0.15, 0.2) is 0 Å². The van der Waals surface area contributed by atoms with Crippen molar-refractivity contribution in [3.8, 4) is 11.8 Å². The number of likely N-dealkylation sites (tertiary alicyclic amines) is 1. The molecule has 0 bridgehead atoms. The molecule has 2 N–H and O–H groups in total. The van der Waals surface area contributed by atoms with Gasteiger partial charge in [-0.1, -0.05) is 49.1 Å². The summed E-state index contributed by atoms with van der Waals surface area (Å²) in [6.45, 7) is 6.86. The Labute approximate surface area is 252 Å². The third kappa shape index (κ3) is 7.12. The Kier molecular flexibility index (Phi) is 9.21. The third-order valence-corrected chi connectivity index (χ3v) is 7.81. The van der Waals surface area contributed by atoms with Crippen LogP contribution < -0.4 is 5.32 Å². The molecule has 0 aliphatic carbocycles. The first-order valence-electron chi connectivity index (χ1n) is 14.9. The lowest BCUT2D eigenvalue weighted by molar-refractivity contribution is -0.134. The highest BCUT2D eigenvalue weighted by molar-refractivity contribution is 5.97. The number of fused-ring (bicyclic) bond motifs is 1. The molecule has 2 unspecified atom stereocenters. The number of aromatic amines is 1. The fourth-order valence-electron chi connectivity index (χ4n) is 5.52. The van der Waals surface area contributed by atoms with Crippen LogP contribution in [0, 0.1) is 11.8 Å². The van der Waals surface area contributed by atoms with E-state index >= 15 is 0 Å². The van der Waals surface area contributed by atoms with Gasteiger partial charge in [0.1, 0.15) is 11.9 Å². The van der Waals surface area contributed by atoms with E-state index in [1.807, 2.05) is 84.6 Å². The van der Waals surface area contributed by atoms with Gasteiger partial charge >= 0.3 is 0 Å². The molecule has 8 heteroatoms. The number of nitrogens with zero attached hydrogens (tertiary/aromatic N) is 3. The molecule has 1 saturated heterocycles. The van der Waals surface area contributed by atoms with Crippen molar-refractivity contribution in [1.29, 1.82) is 0 Å². The number of aromatic nitrogens is 2. The Bertz CT molecular complexity index is 1670. The summed E-state index contributed by atoms with van der Waals surface area (Å²) in [6.07, 6.45) is 2.73. The quantitative estimate of drug-likeness (QED) is 0.273. The third-order valence-electron chi connectivity index (χ3n) is 7.81. The van der Waals surface area contributed by atoms with Crippen LogP contribution in [0.5, 0.6) is 0 Å². The van der Waals surface area contributed by atoms with Gasteiger partial charge in [-0.05, 0) is 74.2 Å². The summed E-state index contributed by atoms with van der Waals surface area (Å²) < 4.78 is 0. The average molecular weight is 576 g/mol. The minimum atomic E-state index is -0.414.